The quantitative estimate of drug-likeness (QED) is 0.859. The highest BCUT2D eigenvalue weighted by molar-refractivity contribution is 5.99. The molecule has 0 spiro atoms. The second kappa shape index (κ2) is 6.35. The molecule has 1 aromatic carbocycles. The van der Waals surface area contributed by atoms with E-state index < -0.39 is 0 Å². The molecular weight excluding hydrogens is 266 g/mol. The monoisotopic (exact) mass is 285 g/mol. The minimum absolute atomic E-state index is 0.0219. The molecule has 1 N–H and O–H groups in total. The number of ketones is 1. The van der Waals surface area contributed by atoms with Crippen molar-refractivity contribution in [3.63, 3.8) is 0 Å². The van der Waals surface area contributed by atoms with Crippen LogP contribution in [0.3, 0.4) is 0 Å². The lowest BCUT2D eigenvalue weighted by Crippen LogP contribution is -2.15. The van der Waals surface area contributed by atoms with Gasteiger partial charge in [0.1, 0.15) is 5.82 Å². The molecule has 21 heavy (non-hydrogen) atoms. The van der Waals surface area contributed by atoms with E-state index in [1.165, 1.54) is 0 Å². The first-order valence-electron chi connectivity index (χ1n) is 6.86. The highest BCUT2D eigenvalue weighted by Crippen LogP contribution is 2.11. The van der Waals surface area contributed by atoms with Crippen LogP contribution in [-0.2, 0) is 11.8 Å². The van der Waals surface area contributed by atoms with E-state index in [2.05, 4.69) is 10.4 Å². The molecule has 0 unspecified atom stereocenters. The molecule has 1 amide bonds. The Kier molecular flexibility index (Phi) is 4.52. The second-order valence-electron chi connectivity index (χ2n) is 5.13. The SMILES string of the molecule is Cc1ccc(C(=O)CCC(=O)Nc2cc(C)nn2C)cc1. The van der Waals surface area contributed by atoms with Gasteiger partial charge < -0.3 is 5.32 Å². The maximum absolute atomic E-state index is 12.0. The van der Waals surface area contributed by atoms with E-state index in [4.69, 9.17) is 0 Å². The van der Waals surface area contributed by atoms with Crippen molar-refractivity contribution < 1.29 is 9.59 Å². The normalized spacial score (nSPS) is 10.4. The average Bonchev–Trinajstić information content (AvgIpc) is 2.75. The summed E-state index contributed by atoms with van der Waals surface area (Å²) in [6, 6.07) is 9.16. The van der Waals surface area contributed by atoms with Gasteiger partial charge in [0.25, 0.3) is 0 Å². The van der Waals surface area contributed by atoms with Crippen LogP contribution >= 0.6 is 0 Å². The van der Waals surface area contributed by atoms with Crippen LogP contribution in [0.5, 0.6) is 0 Å². The van der Waals surface area contributed by atoms with E-state index in [1.807, 2.05) is 26.0 Å². The fourth-order valence-electron chi connectivity index (χ4n) is 2.04. The fraction of sp³-hybridized carbons (Fsp3) is 0.312. The van der Waals surface area contributed by atoms with Crippen molar-refractivity contribution in [2.75, 3.05) is 5.32 Å². The van der Waals surface area contributed by atoms with Crippen molar-refractivity contribution in [1.29, 1.82) is 0 Å². The molecule has 5 nitrogen and oxygen atoms in total. The number of hydrogen-bond donors (Lipinski definition) is 1. The number of carbonyl (C=O) groups excluding carboxylic acids is 2. The Bertz CT molecular complexity index is 657. The lowest BCUT2D eigenvalue weighted by molar-refractivity contribution is -0.116. The van der Waals surface area contributed by atoms with E-state index in [1.54, 1.807) is 29.9 Å². The summed E-state index contributed by atoms with van der Waals surface area (Å²) < 4.78 is 1.61. The first-order chi connectivity index (χ1) is 9.95. The summed E-state index contributed by atoms with van der Waals surface area (Å²) in [4.78, 5) is 23.8. The molecule has 0 saturated heterocycles. The van der Waals surface area contributed by atoms with Crippen molar-refractivity contribution in [3.8, 4) is 0 Å². The van der Waals surface area contributed by atoms with Gasteiger partial charge in [0.15, 0.2) is 5.78 Å². The Labute approximate surface area is 124 Å². The van der Waals surface area contributed by atoms with Crippen molar-refractivity contribution in [2.24, 2.45) is 7.05 Å². The second-order valence-corrected chi connectivity index (χ2v) is 5.13. The Morgan fingerprint density at radius 3 is 2.38 bits per heavy atom. The number of nitrogens with one attached hydrogen (secondary N) is 1. The van der Waals surface area contributed by atoms with Gasteiger partial charge in [0.2, 0.25) is 5.91 Å². The zero-order chi connectivity index (χ0) is 15.4. The third kappa shape index (κ3) is 4.02. The lowest BCUT2D eigenvalue weighted by atomic mass is 10.1. The standard InChI is InChI=1S/C16H19N3O2/c1-11-4-6-13(7-5-11)14(20)8-9-16(21)17-15-10-12(2)18-19(15)3/h4-7,10H,8-9H2,1-3H3,(H,17,21). The summed E-state index contributed by atoms with van der Waals surface area (Å²) in [5, 5.41) is 6.91. The summed E-state index contributed by atoms with van der Waals surface area (Å²) in [6.07, 6.45) is 0.364. The van der Waals surface area contributed by atoms with Crippen molar-refractivity contribution in [1.82, 2.24) is 9.78 Å². The topological polar surface area (TPSA) is 64.0 Å². The van der Waals surface area contributed by atoms with E-state index in [-0.39, 0.29) is 24.5 Å². The highest BCUT2D eigenvalue weighted by atomic mass is 16.2. The molecule has 0 aliphatic heterocycles. The predicted octanol–water partition coefficient (Wildman–Crippen LogP) is 2.64. The molecule has 1 aromatic heterocycles. The third-order valence-electron chi connectivity index (χ3n) is 3.22. The molecule has 0 fully saturated rings. The van der Waals surface area contributed by atoms with Crippen LogP contribution in [0.2, 0.25) is 0 Å². The van der Waals surface area contributed by atoms with E-state index >= 15 is 0 Å². The maximum Gasteiger partial charge on any atom is 0.225 e. The van der Waals surface area contributed by atoms with Gasteiger partial charge in [-0.25, -0.2) is 0 Å². The van der Waals surface area contributed by atoms with Crippen LogP contribution in [0.15, 0.2) is 30.3 Å². The Hall–Kier alpha value is -2.43. The molecule has 0 aliphatic rings. The van der Waals surface area contributed by atoms with Gasteiger partial charge in [-0.3, -0.25) is 14.3 Å². The van der Waals surface area contributed by atoms with Gasteiger partial charge in [-0.1, -0.05) is 29.8 Å². The summed E-state index contributed by atoms with van der Waals surface area (Å²) in [5.74, 6) is 0.435. The van der Waals surface area contributed by atoms with Crippen molar-refractivity contribution in [3.05, 3.63) is 47.2 Å². The Morgan fingerprint density at radius 2 is 1.81 bits per heavy atom. The Morgan fingerprint density at radius 1 is 1.14 bits per heavy atom. The number of aryl methyl sites for hydroxylation is 3. The van der Waals surface area contributed by atoms with Crippen molar-refractivity contribution >= 4 is 17.5 Å². The first kappa shape index (κ1) is 15.0. The van der Waals surface area contributed by atoms with E-state index in [0.717, 1.165) is 11.3 Å². The number of hydrogen-bond acceptors (Lipinski definition) is 3. The first-order valence-corrected chi connectivity index (χ1v) is 6.86. The molecule has 2 rings (SSSR count). The zero-order valence-corrected chi connectivity index (χ0v) is 12.5. The smallest absolute Gasteiger partial charge is 0.225 e. The summed E-state index contributed by atoms with van der Waals surface area (Å²) in [5.41, 5.74) is 2.59. The number of anilines is 1. The van der Waals surface area contributed by atoms with Crippen LogP contribution in [0, 0.1) is 13.8 Å². The largest absolute Gasteiger partial charge is 0.311 e. The van der Waals surface area contributed by atoms with Gasteiger partial charge in [-0.15, -0.1) is 0 Å². The Balaban J connectivity index is 1.87. The summed E-state index contributed by atoms with van der Waals surface area (Å²) in [7, 11) is 1.76. The molecule has 0 bridgehead atoms. The molecule has 2 aromatic rings. The fourth-order valence-corrected chi connectivity index (χ4v) is 2.04. The highest BCUT2D eigenvalue weighted by Gasteiger charge is 2.11. The number of amides is 1. The van der Waals surface area contributed by atoms with Crippen LogP contribution in [0.1, 0.15) is 34.5 Å². The zero-order valence-electron chi connectivity index (χ0n) is 12.5. The summed E-state index contributed by atoms with van der Waals surface area (Å²) in [6.45, 7) is 3.83. The molecule has 0 saturated carbocycles. The number of aromatic nitrogens is 2. The lowest BCUT2D eigenvalue weighted by Gasteiger charge is -2.05. The van der Waals surface area contributed by atoms with E-state index in [9.17, 15) is 9.59 Å². The number of carbonyl (C=O) groups is 2. The number of nitrogens with zero attached hydrogens (tertiary/aromatic N) is 2. The molecular formula is C16H19N3O2. The number of Topliss-reactive ketones (excluding diaryl/α,β-unsaturated/α-hetero) is 1. The predicted molar refractivity (Wildman–Crippen MR) is 81.3 cm³/mol. The summed E-state index contributed by atoms with van der Waals surface area (Å²) >= 11 is 0. The van der Waals surface area contributed by atoms with Crippen LogP contribution < -0.4 is 5.32 Å². The number of rotatable bonds is 5. The van der Waals surface area contributed by atoms with Gasteiger partial charge in [0, 0.05) is 31.5 Å². The van der Waals surface area contributed by atoms with Crippen LogP contribution in [0.25, 0.3) is 0 Å². The maximum atomic E-state index is 12.0. The van der Waals surface area contributed by atoms with E-state index in [0.29, 0.717) is 11.4 Å². The number of benzene rings is 1. The molecule has 0 radical (unpaired) electrons. The van der Waals surface area contributed by atoms with Crippen molar-refractivity contribution in [2.45, 2.75) is 26.7 Å². The van der Waals surface area contributed by atoms with Gasteiger partial charge in [-0.05, 0) is 13.8 Å². The molecule has 0 atom stereocenters. The molecule has 5 heteroatoms. The van der Waals surface area contributed by atoms with Gasteiger partial charge in [-0.2, -0.15) is 5.10 Å². The van der Waals surface area contributed by atoms with Crippen LogP contribution in [0.4, 0.5) is 5.82 Å². The minimum atomic E-state index is -0.182. The molecule has 0 aliphatic carbocycles. The third-order valence-corrected chi connectivity index (χ3v) is 3.22. The minimum Gasteiger partial charge on any atom is -0.311 e. The molecule has 110 valence electrons. The van der Waals surface area contributed by atoms with Gasteiger partial charge in [0.05, 0.1) is 5.69 Å². The average molecular weight is 285 g/mol. The van der Waals surface area contributed by atoms with Crippen LogP contribution in [-0.4, -0.2) is 21.5 Å². The molecule has 1 heterocycles. The van der Waals surface area contributed by atoms with Gasteiger partial charge >= 0.3 is 0 Å².